The van der Waals surface area contributed by atoms with Gasteiger partial charge in [0, 0.05) is 24.0 Å². The van der Waals surface area contributed by atoms with Crippen LogP contribution in [0.4, 0.5) is 5.69 Å². The van der Waals surface area contributed by atoms with Gasteiger partial charge in [0.1, 0.15) is 0 Å². The highest BCUT2D eigenvalue weighted by Crippen LogP contribution is 2.35. The van der Waals surface area contributed by atoms with Crippen molar-refractivity contribution in [3.05, 3.63) is 82.6 Å². The van der Waals surface area contributed by atoms with Gasteiger partial charge in [0.25, 0.3) is 15.9 Å². The molecule has 2 aromatic carbocycles. The van der Waals surface area contributed by atoms with Gasteiger partial charge in [-0.2, -0.15) is 0 Å². The van der Waals surface area contributed by atoms with Crippen molar-refractivity contribution in [2.24, 2.45) is 0 Å². The maximum Gasteiger partial charge on any atom is 0.264 e. The van der Waals surface area contributed by atoms with Gasteiger partial charge in [0.15, 0.2) is 0 Å². The van der Waals surface area contributed by atoms with Gasteiger partial charge in [0.2, 0.25) is 0 Å². The van der Waals surface area contributed by atoms with Crippen LogP contribution < -0.4 is 4.31 Å². The highest BCUT2D eigenvalue weighted by atomic mass is 32.2. The number of carbonyl (C=O) groups is 1. The smallest absolute Gasteiger partial charge is 0.264 e. The maximum atomic E-state index is 13.2. The van der Waals surface area contributed by atoms with Crippen LogP contribution in [-0.2, 0) is 10.0 Å². The molecule has 1 saturated heterocycles. The minimum absolute atomic E-state index is 0.0646. The molecule has 0 saturated carbocycles. The van der Waals surface area contributed by atoms with Crippen LogP contribution in [0.3, 0.4) is 0 Å². The zero-order valence-corrected chi connectivity index (χ0v) is 17.7. The minimum atomic E-state index is -3.76. The molecule has 1 aromatic heterocycles. The molecule has 1 aliphatic heterocycles. The lowest BCUT2D eigenvalue weighted by molar-refractivity contribution is 0.0737. The van der Waals surface area contributed by atoms with Gasteiger partial charge in [-0.25, -0.2) is 8.42 Å². The van der Waals surface area contributed by atoms with Crippen LogP contribution in [0.25, 0.3) is 0 Å². The molecule has 1 atom stereocenters. The van der Waals surface area contributed by atoms with Crippen LogP contribution in [0.15, 0.2) is 77.0 Å². The van der Waals surface area contributed by atoms with Crippen molar-refractivity contribution in [1.82, 2.24) is 4.90 Å². The fourth-order valence-corrected chi connectivity index (χ4v) is 5.79. The highest BCUT2D eigenvalue weighted by molar-refractivity contribution is 7.92. The molecule has 0 radical (unpaired) electrons. The standard InChI is InChI=1S/C22H22N2O3S2/c1-23(18-9-3-2-4-10-18)29(26,27)19-11-5-8-17(16-19)22(25)24-14-6-12-20(24)21-13-7-15-28-21/h2-5,7-11,13,15-16,20H,6,12,14H2,1H3/t20-/m1/s1. The largest absolute Gasteiger partial charge is 0.331 e. The van der Waals surface area contributed by atoms with Crippen LogP contribution in [0.5, 0.6) is 0 Å². The van der Waals surface area contributed by atoms with Crippen molar-refractivity contribution < 1.29 is 13.2 Å². The van der Waals surface area contributed by atoms with Gasteiger partial charge in [-0.1, -0.05) is 30.3 Å². The van der Waals surface area contributed by atoms with Crippen molar-refractivity contribution in [3.63, 3.8) is 0 Å². The second kappa shape index (κ2) is 8.00. The lowest BCUT2D eigenvalue weighted by Crippen LogP contribution is -2.31. The Kier molecular flexibility index (Phi) is 5.43. The molecule has 0 unspecified atom stereocenters. The average molecular weight is 427 g/mol. The van der Waals surface area contributed by atoms with E-state index in [4.69, 9.17) is 0 Å². The van der Waals surface area contributed by atoms with E-state index in [0.29, 0.717) is 17.8 Å². The zero-order chi connectivity index (χ0) is 20.4. The molecule has 7 heteroatoms. The Bertz CT molecular complexity index is 1100. The number of benzene rings is 2. The van der Waals surface area contributed by atoms with E-state index in [2.05, 4.69) is 6.07 Å². The number of hydrogen-bond donors (Lipinski definition) is 0. The first-order chi connectivity index (χ1) is 14.0. The molecule has 0 aliphatic carbocycles. The first kappa shape index (κ1) is 19.7. The van der Waals surface area contributed by atoms with Gasteiger partial charge in [-0.05, 0) is 54.6 Å². The van der Waals surface area contributed by atoms with E-state index in [1.807, 2.05) is 22.4 Å². The number of sulfonamides is 1. The Morgan fingerprint density at radius 2 is 1.86 bits per heavy atom. The number of rotatable bonds is 5. The van der Waals surface area contributed by atoms with E-state index in [-0.39, 0.29) is 16.8 Å². The Morgan fingerprint density at radius 1 is 1.07 bits per heavy atom. The molecule has 5 nitrogen and oxygen atoms in total. The maximum absolute atomic E-state index is 13.2. The molecular weight excluding hydrogens is 404 g/mol. The van der Waals surface area contributed by atoms with Gasteiger partial charge >= 0.3 is 0 Å². The summed E-state index contributed by atoms with van der Waals surface area (Å²) >= 11 is 1.65. The predicted octanol–water partition coefficient (Wildman–Crippen LogP) is 4.55. The number of carbonyl (C=O) groups excluding carboxylic acids is 1. The van der Waals surface area contributed by atoms with Crippen molar-refractivity contribution in [2.75, 3.05) is 17.9 Å². The van der Waals surface area contributed by atoms with E-state index in [9.17, 15) is 13.2 Å². The molecule has 1 aliphatic rings. The SMILES string of the molecule is CN(c1ccccc1)S(=O)(=O)c1cccc(C(=O)N2CCC[C@@H]2c2cccs2)c1. The second-order valence-corrected chi connectivity index (χ2v) is 9.96. The van der Waals surface area contributed by atoms with Crippen molar-refractivity contribution in [3.8, 4) is 0 Å². The van der Waals surface area contributed by atoms with Crippen molar-refractivity contribution in [2.45, 2.75) is 23.8 Å². The summed E-state index contributed by atoms with van der Waals surface area (Å²) in [6.07, 6.45) is 1.88. The number of para-hydroxylation sites is 1. The number of thiophene rings is 1. The number of hydrogen-bond acceptors (Lipinski definition) is 4. The monoisotopic (exact) mass is 426 g/mol. The summed E-state index contributed by atoms with van der Waals surface area (Å²) in [6.45, 7) is 0.683. The first-order valence-corrected chi connectivity index (χ1v) is 11.8. The Labute approximate surface area is 175 Å². The van der Waals surface area contributed by atoms with Crippen LogP contribution in [0, 0.1) is 0 Å². The zero-order valence-electron chi connectivity index (χ0n) is 16.1. The molecular formula is C22H22N2O3S2. The Hall–Kier alpha value is -2.64. The van der Waals surface area contributed by atoms with E-state index >= 15 is 0 Å². The lowest BCUT2D eigenvalue weighted by atomic mass is 10.1. The topological polar surface area (TPSA) is 57.7 Å². The van der Waals surface area contributed by atoms with E-state index < -0.39 is 10.0 Å². The highest BCUT2D eigenvalue weighted by Gasteiger charge is 2.32. The van der Waals surface area contributed by atoms with Gasteiger partial charge in [-0.15, -0.1) is 11.3 Å². The summed E-state index contributed by atoms with van der Waals surface area (Å²) in [7, 11) is -2.24. The third kappa shape index (κ3) is 3.80. The Morgan fingerprint density at radius 3 is 2.59 bits per heavy atom. The molecule has 2 heterocycles. The number of nitrogens with zero attached hydrogens (tertiary/aromatic N) is 2. The predicted molar refractivity (Wildman–Crippen MR) is 116 cm³/mol. The molecule has 1 amide bonds. The van der Waals surface area contributed by atoms with Crippen molar-refractivity contribution in [1.29, 1.82) is 0 Å². The lowest BCUT2D eigenvalue weighted by Gasteiger charge is -2.24. The molecule has 0 N–H and O–H groups in total. The molecule has 3 aromatic rings. The number of anilines is 1. The van der Waals surface area contributed by atoms with Crippen LogP contribution >= 0.6 is 11.3 Å². The summed E-state index contributed by atoms with van der Waals surface area (Å²) < 4.78 is 27.4. The average Bonchev–Trinajstić information content (AvgIpc) is 3.45. The summed E-state index contributed by atoms with van der Waals surface area (Å²) in [5.74, 6) is -0.125. The third-order valence-electron chi connectivity index (χ3n) is 5.24. The number of likely N-dealkylation sites (tertiary alicyclic amines) is 1. The summed E-state index contributed by atoms with van der Waals surface area (Å²) in [5, 5.41) is 2.02. The van der Waals surface area contributed by atoms with E-state index in [1.165, 1.54) is 28.4 Å². The van der Waals surface area contributed by atoms with Gasteiger partial charge in [0.05, 0.1) is 16.6 Å². The first-order valence-electron chi connectivity index (χ1n) is 9.47. The fourth-order valence-electron chi connectivity index (χ4n) is 3.68. The van der Waals surface area contributed by atoms with Gasteiger partial charge < -0.3 is 4.90 Å². The van der Waals surface area contributed by atoms with Crippen LogP contribution in [-0.4, -0.2) is 32.8 Å². The molecule has 1 fully saturated rings. The summed E-state index contributed by atoms with van der Waals surface area (Å²) in [4.78, 5) is 16.3. The van der Waals surface area contributed by atoms with Crippen molar-refractivity contribution >= 4 is 33.0 Å². The van der Waals surface area contributed by atoms with Crippen LogP contribution in [0.2, 0.25) is 0 Å². The van der Waals surface area contributed by atoms with Gasteiger partial charge in [-0.3, -0.25) is 9.10 Å². The molecule has 0 bridgehead atoms. The molecule has 4 rings (SSSR count). The quantitative estimate of drug-likeness (QED) is 0.601. The second-order valence-electron chi connectivity index (χ2n) is 7.01. The molecule has 150 valence electrons. The number of amides is 1. The molecule has 29 heavy (non-hydrogen) atoms. The summed E-state index contributed by atoms with van der Waals surface area (Å²) in [5.41, 5.74) is 0.970. The van der Waals surface area contributed by atoms with Crippen LogP contribution in [0.1, 0.15) is 34.1 Å². The van der Waals surface area contributed by atoms with E-state index in [1.54, 1.807) is 47.7 Å². The third-order valence-corrected chi connectivity index (χ3v) is 8.00. The fraction of sp³-hybridized carbons (Fsp3) is 0.227. The molecule has 0 spiro atoms. The Balaban J connectivity index is 1.62. The minimum Gasteiger partial charge on any atom is -0.331 e. The summed E-state index contributed by atoms with van der Waals surface area (Å²) in [6, 6.07) is 19.3. The van der Waals surface area contributed by atoms with E-state index in [0.717, 1.165) is 12.8 Å². The normalized spacial score (nSPS) is 16.7.